The fraction of sp³-hybridized carbons (Fsp3) is 0.500. The Balaban J connectivity index is 1.66. The number of nitrogens with zero attached hydrogens (tertiary/aromatic N) is 4. The molecular weight excluding hydrogens is 296 g/mol. The van der Waals surface area contributed by atoms with Gasteiger partial charge in [-0.25, -0.2) is 15.0 Å². The zero-order valence-electron chi connectivity index (χ0n) is 13.0. The molecule has 2 aromatic rings. The van der Waals surface area contributed by atoms with Crippen LogP contribution in [0.3, 0.4) is 0 Å². The first-order chi connectivity index (χ1) is 10.6. The Morgan fingerprint density at radius 2 is 2.27 bits per heavy atom. The Labute approximate surface area is 134 Å². The van der Waals surface area contributed by atoms with Crippen molar-refractivity contribution in [1.82, 2.24) is 19.9 Å². The van der Waals surface area contributed by atoms with Crippen molar-refractivity contribution >= 4 is 17.2 Å². The van der Waals surface area contributed by atoms with Crippen LogP contribution in [0, 0.1) is 13.8 Å². The van der Waals surface area contributed by atoms with Gasteiger partial charge in [-0.05, 0) is 32.8 Å². The van der Waals surface area contributed by atoms with E-state index in [1.807, 2.05) is 30.2 Å². The summed E-state index contributed by atoms with van der Waals surface area (Å²) in [6.07, 6.45) is 4.31. The molecule has 1 aliphatic heterocycles. The highest BCUT2D eigenvalue weighted by Crippen LogP contribution is 2.26. The first kappa shape index (κ1) is 15.1. The van der Waals surface area contributed by atoms with Crippen molar-refractivity contribution in [3.63, 3.8) is 0 Å². The molecule has 1 amide bonds. The zero-order valence-corrected chi connectivity index (χ0v) is 13.8. The lowest BCUT2D eigenvalue weighted by Crippen LogP contribution is -2.40. The van der Waals surface area contributed by atoms with E-state index in [9.17, 15) is 4.79 Å². The number of hydrogen-bond donors (Lipinski definition) is 0. The molecule has 3 rings (SSSR count). The molecule has 3 heterocycles. The van der Waals surface area contributed by atoms with Gasteiger partial charge in [0.25, 0.3) is 0 Å². The Bertz CT molecular complexity index is 670. The smallest absolute Gasteiger partial charge is 0.228 e. The third kappa shape index (κ3) is 3.50. The summed E-state index contributed by atoms with van der Waals surface area (Å²) < 4.78 is 0. The van der Waals surface area contributed by atoms with Crippen LogP contribution < -0.4 is 0 Å². The molecule has 0 radical (unpaired) electrons. The number of amides is 1. The van der Waals surface area contributed by atoms with E-state index in [2.05, 4.69) is 15.0 Å². The molecule has 5 nitrogen and oxygen atoms in total. The lowest BCUT2D eigenvalue weighted by molar-refractivity contribution is -0.131. The number of hydrogen-bond acceptors (Lipinski definition) is 5. The first-order valence-corrected chi connectivity index (χ1v) is 8.48. The monoisotopic (exact) mass is 316 g/mol. The molecule has 1 atom stereocenters. The number of carbonyl (C=O) groups excluding carboxylic acids is 1. The average Bonchev–Trinajstić information content (AvgIpc) is 2.92. The Kier molecular flexibility index (Phi) is 4.47. The second-order valence-electron chi connectivity index (χ2n) is 5.74. The lowest BCUT2D eigenvalue weighted by Gasteiger charge is -2.32. The van der Waals surface area contributed by atoms with E-state index >= 15 is 0 Å². The van der Waals surface area contributed by atoms with Crippen LogP contribution in [-0.2, 0) is 11.2 Å². The largest absolute Gasteiger partial charge is 0.342 e. The van der Waals surface area contributed by atoms with Crippen molar-refractivity contribution in [2.75, 3.05) is 13.1 Å². The van der Waals surface area contributed by atoms with Gasteiger partial charge in [0, 0.05) is 36.3 Å². The van der Waals surface area contributed by atoms with Gasteiger partial charge >= 0.3 is 0 Å². The molecule has 0 saturated carbocycles. The molecule has 0 aliphatic carbocycles. The number of thiazole rings is 1. The van der Waals surface area contributed by atoms with E-state index in [1.54, 1.807) is 17.5 Å². The van der Waals surface area contributed by atoms with Gasteiger partial charge in [0.2, 0.25) is 5.91 Å². The van der Waals surface area contributed by atoms with Crippen molar-refractivity contribution in [3.8, 4) is 0 Å². The summed E-state index contributed by atoms with van der Waals surface area (Å²) in [5.41, 5.74) is 1.93. The number of rotatable bonds is 3. The molecule has 1 aliphatic rings. The van der Waals surface area contributed by atoms with E-state index in [1.165, 1.54) is 0 Å². The normalized spacial score (nSPS) is 18.5. The zero-order chi connectivity index (χ0) is 15.5. The standard InChI is InChI=1S/C16H20N4OS/c1-11-17-6-5-15(18-11)13-4-3-7-20(9-13)16(21)8-14-10-22-12(2)19-14/h5-6,10,13H,3-4,7-9H2,1-2H3. The van der Waals surface area contributed by atoms with Crippen molar-refractivity contribution in [3.05, 3.63) is 39.9 Å². The van der Waals surface area contributed by atoms with Gasteiger partial charge < -0.3 is 4.90 Å². The SMILES string of the molecule is Cc1nccc(C2CCCN(C(=O)Cc3csc(C)n3)C2)n1. The molecular formula is C16H20N4OS. The quantitative estimate of drug-likeness (QED) is 0.873. The molecule has 2 aromatic heterocycles. The lowest BCUT2D eigenvalue weighted by atomic mass is 9.94. The number of aromatic nitrogens is 3. The van der Waals surface area contributed by atoms with Gasteiger partial charge in [0.05, 0.1) is 17.1 Å². The maximum Gasteiger partial charge on any atom is 0.228 e. The first-order valence-electron chi connectivity index (χ1n) is 7.60. The van der Waals surface area contributed by atoms with Crippen LogP contribution in [0.25, 0.3) is 0 Å². The summed E-state index contributed by atoms with van der Waals surface area (Å²) in [5, 5.41) is 2.98. The maximum atomic E-state index is 12.5. The van der Waals surface area contributed by atoms with Crippen LogP contribution in [0.2, 0.25) is 0 Å². The van der Waals surface area contributed by atoms with Gasteiger partial charge in [-0.3, -0.25) is 4.79 Å². The van der Waals surface area contributed by atoms with Gasteiger partial charge in [0.15, 0.2) is 0 Å². The molecule has 0 N–H and O–H groups in total. The average molecular weight is 316 g/mol. The summed E-state index contributed by atoms with van der Waals surface area (Å²) in [5.74, 6) is 1.27. The second kappa shape index (κ2) is 6.52. The third-order valence-corrected chi connectivity index (χ3v) is 4.81. The molecule has 116 valence electrons. The Morgan fingerprint density at radius 1 is 1.41 bits per heavy atom. The van der Waals surface area contributed by atoms with E-state index < -0.39 is 0 Å². The number of likely N-dealkylation sites (tertiary alicyclic amines) is 1. The van der Waals surface area contributed by atoms with E-state index in [0.717, 1.165) is 48.2 Å². The topological polar surface area (TPSA) is 59.0 Å². The molecule has 1 saturated heterocycles. The predicted octanol–water partition coefficient (Wildman–Crippen LogP) is 2.50. The van der Waals surface area contributed by atoms with E-state index in [4.69, 9.17) is 0 Å². The van der Waals surface area contributed by atoms with Gasteiger partial charge in [-0.15, -0.1) is 11.3 Å². The van der Waals surface area contributed by atoms with E-state index in [-0.39, 0.29) is 5.91 Å². The summed E-state index contributed by atoms with van der Waals surface area (Å²) in [6.45, 7) is 5.45. The minimum absolute atomic E-state index is 0.167. The summed E-state index contributed by atoms with van der Waals surface area (Å²) >= 11 is 1.59. The molecule has 0 spiro atoms. The summed E-state index contributed by atoms with van der Waals surface area (Å²) in [7, 11) is 0. The molecule has 0 bridgehead atoms. The third-order valence-electron chi connectivity index (χ3n) is 3.99. The minimum atomic E-state index is 0.167. The maximum absolute atomic E-state index is 12.5. The molecule has 22 heavy (non-hydrogen) atoms. The molecule has 6 heteroatoms. The van der Waals surface area contributed by atoms with Gasteiger partial charge in [-0.1, -0.05) is 0 Å². The number of carbonyl (C=O) groups is 1. The molecule has 1 unspecified atom stereocenters. The number of piperidine rings is 1. The summed E-state index contributed by atoms with van der Waals surface area (Å²) in [4.78, 5) is 27.5. The van der Waals surface area contributed by atoms with Crippen LogP contribution in [0.4, 0.5) is 0 Å². The molecule has 0 aromatic carbocycles. The van der Waals surface area contributed by atoms with Crippen molar-refractivity contribution in [2.24, 2.45) is 0 Å². The number of aryl methyl sites for hydroxylation is 2. The van der Waals surface area contributed by atoms with Crippen LogP contribution in [0.5, 0.6) is 0 Å². The molecule has 1 fully saturated rings. The predicted molar refractivity (Wildman–Crippen MR) is 85.9 cm³/mol. The highest BCUT2D eigenvalue weighted by molar-refractivity contribution is 7.09. The van der Waals surface area contributed by atoms with Crippen molar-refractivity contribution in [1.29, 1.82) is 0 Å². The second-order valence-corrected chi connectivity index (χ2v) is 6.80. The fourth-order valence-corrected chi connectivity index (χ4v) is 3.52. The van der Waals surface area contributed by atoms with Crippen molar-refractivity contribution in [2.45, 2.75) is 39.0 Å². The van der Waals surface area contributed by atoms with E-state index in [0.29, 0.717) is 12.3 Å². The Hall–Kier alpha value is -1.82. The Morgan fingerprint density at radius 3 is 3.00 bits per heavy atom. The van der Waals surface area contributed by atoms with Crippen LogP contribution >= 0.6 is 11.3 Å². The van der Waals surface area contributed by atoms with Gasteiger partial charge in [0.1, 0.15) is 5.82 Å². The minimum Gasteiger partial charge on any atom is -0.342 e. The summed E-state index contributed by atoms with van der Waals surface area (Å²) in [6, 6.07) is 1.97. The van der Waals surface area contributed by atoms with Gasteiger partial charge in [-0.2, -0.15) is 0 Å². The van der Waals surface area contributed by atoms with Crippen LogP contribution in [-0.4, -0.2) is 38.8 Å². The van der Waals surface area contributed by atoms with Crippen LogP contribution in [0.15, 0.2) is 17.6 Å². The van der Waals surface area contributed by atoms with Crippen LogP contribution in [0.1, 0.15) is 41.0 Å². The fourth-order valence-electron chi connectivity index (χ4n) is 2.90. The highest BCUT2D eigenvalue weighted by Gasteiger charge is 2.26. The van der Waals surface area contributed by atoms with Crippen molar-refractivity contribution < 1.29 is 4.79 Å². The highest BCUT2D eigenvalue weighted by atomic mass is 32.1.